The molecule has 3 rings (SSSR count). The van der Waals surface area contributed by atoms with E-state index in [-0.39, 0.29) is 0 Å². The molecule has 2 atom stereocenters. The Balaban J connectivity index is 1.88. The van der Waals surface area contributed by atoms with E-state index < -0.39 is 0 Å². The van der Waals surface area contributed by atoms with Gasteiger partial charge in [0, 0.05) is 12.1 Å². The van der Waals surface area contributed by atoms with E-state index in [1.165, 1.54) is 44.2 Å². The van der Waals surface area contributed by atoms with Crippen molar-refractivity contribution < 1.29 is 0 Å². The average molecular weight is 230 g/mol. The van der Waals surface area contributed by atoms with Crippen LogP contribution in [0, 0.1) is 0 Å². The molecule has 2 heterocycles. The van der Waals surface area contributed by atoms with Gasteiger partial charge < -0.3 is 10.6 Å². The van der Waals surface area contributed by atoms with Crippen LogP contribution >= 0.6 is 0 Å². The van der Waals surface area contributed by atoms with Crippen LogP contribution in [0.2, 0.25) is 0 Å². The van der Waals surface area contributed by atoms with E-state index in [0.717, 1.165) is 6.54 Å². The summed E-state index contributed by atoms with van der Waals surface area (Å²) in [6.07, 6.45) is 6.52. The second-order valence-corrected chi connectivity index (χ2v) is 5.29. The third kappa shape index (κ3) is 2.38. The lowest BCUT2D eigenvalue weighted by Gasteiger charge is -2.32. The Bertz CT molecular complexity index is 369. The first-order valence-electron chi connectivity index (χ1n) is 7.00. The van der Waals surface area contributed by atoms with Crippen LogP contribution in [0.15, 0.2) is 24.3 Å². The van der Waals surface area contributed by atoms with Crippen molar-refractivity contribution in [1.29, 1.82) is 0 Å². The van der Waals surface area contributed by atoms with Crippen molar-refractivity contribution in [2.75, 3.05) is 13.1 Å². The van der Waals surface area contributed by atoms with Crippen LogP contribution in [0.4, 0.5) is 0 Å². The molecule has 2 nitrogen and oxygen atoms in total. The highest BCUT2D eigenvalue weighted by molar-refractivity contribution is 5.32. The van der Waals surface area contributed by atoms with Crippen molar-refractivity contribution in [2.45, 2.75) is 44.2 Å². The van der Waals surface area contributed by atoms with Crippen molar-refractivity contribution in [3.63, 3.8) is 0 Å². The maximum atomic E-state index is 3.74. The van der Waals surface area contributed by atoms with Gasteiger partial charge in [-0.3, -0.25) is 0 Å². The van der Waals surface area contributed by atoms with Crippen LogP contribution in [0.5, 0.6) is 0 Å². The smallest absolute Gasteiger partial charge is 0.0478 e. The molecular formula is C15H22N2. The Morgan fingerprint density at radius 1 is 0.941 bits per heavy atom. The van der Waals surface area contributed by atoms with E-state index in [9.17, 15) is 0 Å². The lowest BCUT2D eigenvalue weighted by atomic mass is 9.90. The normalized spacial score (nSPS) is 29.4. The van der Waals surface area contributed by atoms with E-state index in [2.05, 4.69) is 34.9 Å². The molecule has 1 saturated heterocycles. The van der Waals surface area contributed by atoms with Gasteiger partial charge in [-0.25, -0.2) is 0 Å². The van der Waals surface area contributed by atoms with Crippen molar-refractivity contribution in [1.82, 2.24) is 10.6 Å². The molecule has 0 aromatic heterocycles. The lowest BCUT2D eigenvalue weighted by Crippen LogP contribution is -2.44. The Morgan fingerprint density at radius 2 is 1.82 bits per heavy atom. The van der Waals surface area contributed by atoms with Crippen molar-refractivity contribution in [2.24, 2.45) is 0 Å². The minimum Gasteiger partial charge on any atom is -0.312 e. The molecule has 0 spiro atoms. The van der Waals surface area contributed by atoms with E-state index in [1.807, 2.05) is 0 Å². The van der Waals surface area contributed by atoms with Gasteiger partial charge in [0.15, 0.2) is 0 Å². The standard InChI is InChI=1S/C15H22N2/c1-2-8-13-12(6-1)7-5-11-17-15(13)14-9-3-4-10-16-14/h1-2,6,8,14-17H,3-5,7,9-11H2. The van der Waals surface area contributed by atoms with Gasteiger partial charge >= 0.3 is 0 Å². The Kier molecular flexibility index (Phi) is 3.44. The van der Waals surface area contributed by atoms with Crippen molar-refractivity contribution in [3.05, 3.63) is 35.4 Å². The van der Waals surface area contributed by atoms with Gasteiger partial charge in [-0.15, -0.1) is 0 Å². The first-order chi connectivity index (χ1) is 8.45. The van der Waals surface area contributed by atoms with Crippen LogP contribution in [0.25, 0.3) is 0 Å². The summed E-state index contributed by atoms with van der Waals surface area (Å²) >= 11 is 0. The lowest BCUT2D eigenvalue weighted by molar-refractivity contribution is 0.318. The fourth-order valence-corrected chi connectivity index (χ4v) is 3.23. The molecule has 0 bridgehead atoms. The summed E-state index contributed by atoms with van der Waals surface area (Å²) in [5.74, 6) is 0. The SMILES string of the molecule is c1ccc2c(c1)CCCNC2C1CCCCN1. The monoisotopic (exact) mass is 230 g/mol. The van der Waals surface area contributed by atoms with E-state index in [1.54, 1.807) is 5.56 Å². The maximum Gasteiger partial charge on any atom is 0.0478 e. The average Bonchev–Trinajstić information content (AvgIpc) is 2.62. The predicted octanol–water partition coefficient (Wildman–Crippen LogP) is 2.41. The first kappa shape index (κ1) is 11.2. The number of piperidine rings is 1. The molecule has 2 unspecified atom stereocenters. The molecule has 2 aliphatic rings. The summed E-state index contributed by atoms with van der Waals surface area (Å²) in [6, 6.07) is 10.1. The van der Waals surface area contributed by atoms with Crippen LogP contribution in [-0.2, 0) is 6.42 Å². The molecule has 92 valence electrons. The zero-order valence-corrected chi connectivity index (χ0v) is 10.4. The third-order valence-electron chi connectivity index (χ3n) is 4.13. The van der Waals surface area contributed by atoms with Crippen molar-refractivity contribution >= 4 is 0 Å². The minimum absolute atomic E-state index is 0.522. The summed E-state index contributed by atoms with van der Waals surface area (Å²) in [5.41, 5.74) is 3.08. The molecule has 2 heteroatoms. The van der Waals surface area contributed by atoms with Gasteiger partial charge in [0.05, 0.1) is 0 Å². The predicted molar refractivity (Wildman–Crippen MR) is 71.1 cm³/mol. The van der Waals surface area contributed by atoms with Gasteiger partial charge in [-0.05, 0) is 49.9 Å². The molecular weight excluding hydrogens is 208 g/mol. The molecule has 0 saturated carbocycles. The van der Waals surface area contributed by atoms with Gasteiger partial charge in [0.25, 0.3) is 0 Å². The Labute approximate surface area is 104 Å². The highest BCUT2D eigenvalue weighted by atomic mass is 15.0. The van der Waals surface area contributed by atoms with E-state index in [4.69, 9.17) is 0 Å². The van der Waals surface area contributed by atoms with Crippen molar-refractivity contribution in [3.8, 4) is 0 Å². The van der Waals surface area contributed by atoms with Crippen LogP contribution in [-0.4, -0.2) is 19.1 Å². The molecule has 0 radical (unpaired) electrons. The first-order valence-corrected chi connectivity index (χ1v) is 7.00. The second-order valence-electron chi connectivity index (χ2n) is 5.29. The zero-order valence-electron chi connectivity index (χ0n) is 10.4. The summed E-state index contributed by atoms with van der Waals surface area (Å²) in [5, 5.41) is 7.44. The number of fused-ring (bicyclic) bond motifs is 1. The minimum atomic E-state index is 0.522. The molecule has 1 fully saturated rings. The summed E-state index contributed by atoms with van der Waals surface area (Å²) in [6.45, 7) is 2.34. The van der Waals surface area contributed by atoms with E-state index >= 15 is 0 Å². The number of hydrogen-bond donors (Lipinski definition) is 2. The van der Waals surface area contributed by atoms with Gasteiger partial charge in [0.1, 0.15) is 0 Å². The summed E-state index contributed by atoms with van der Waals surface area (Å²) < 4.78 is 0. The molecule has 2 N–H and O–H groups in total. The van der Waals surface area contributed by atoms with Crippen LogP contribution in [0.3, 0.4) is 0 Å². The molecule has 0 amide bonds. The highest BCUT2D eigenvalue weighted by Crippen LogP contribution is 2.28. The Hall–Kier alpha value is -0.860. The number of hydrogen-bond acceptors (Lipinski definition) is 2. The van der Waals surface area contributed by atoms with Gasteiger partial charge in [0.2, 0.25) is 0 Å². The molecule has 1 aromatic carbocycles. The fraction of sp³-hybridized carbons (Fsp3) is 0.600. The topological polar surface area (TPSA) is 24.1 Å². The highest BCUT2D eigenvalue weighted by Gasteiger charge is 2.27. The maximum absolute atomic E-state index is 3.74. The number of rotatable bonds is 1. The Morgan fingerprint density at radius 3 is 2.71 bits per heavy atom. The quantitative estimate of drug-likeness (QED) is 0.774. The van der Waals surface area contributed by atoms with Crippen LogP contribution in [0.1, 0.15) is 42.9 Å². The number of nitrogens with one attached hydrogen (secondary N) is 2. The number of benzene rings is 1. The second kappa shape index (κ2) is 5.19. The number of aryl methyl sites for hydroxylation is 1. The molecule has 1 aromatic rings. The summed E-state index contributed by atoms with van der Waals surface area (Å²) in [7, 11) is 0. The molecule has 0 aliphatic carbocycles. The van der Waals surface area contributed by atoms with Gasteiger partial charge in [-0.1, -0.05) is 30.7 Å². The largest absolute Gasteiger partial charge is 0.312 e. The fourth-order valence-electron chi connectivity index (χ4n) is 3.23. The summed E-state index contributed by atoms with van der Waals surface area (Å²) in [4.78, 5) is 0. The zero-order chi connectivity index (χ0) is 11.5. The third-order valence-corrected chi connectivity index (χ3v) is 4.13. The molecule has 17 heavy (non-hydrogen) atoms. The van der Waals surface area contributed by atoms with Gasteiger partial charge in [-0.2, -0.15) is 0 Å². The van der Waals surface area contributed by atoms with Crippen LogP contribution < -0.4 is 10.6 Å². The van der Waals surface area contributed by atoms with E-state index in [0.29, 0.717) is 12.1 Å². The molecule has 2 aliphatic heterocycles.